The van der Waals surface area contributed by atoms with E-state index in [9.17, 15) is 28.8 Å². The number of aromatic nitrogens is 2. The van der Waals surface area contributed by atoms with Crippen molar-refractivity contribution in [3.05, 3.63) is 54.1 Å². The topological polar surface area (TPSA) is 224 Å². The van der Waals surface area contributed by atoms with Crippen molar-refractivity contribution < 1.29 is 33.5 Å². The standard InChI is InChI=1S/C28H36N8O7/c1-16(2)24-28(42)33-11-12-43-21-6-4-3-5-18(21)25(39)35-20(26(40)32-8-7-17-15-30-9-10-31-17)14-23(38)34-19(13-22(29)37)27(41)36-24/h3-6,9-10,15-16,19-20,24H,7-8,11-14H2,1-2H3,(H2,29,37)(H,32,40)(H,33,42)(H,34,38)(H,35,39)(H,36,41)/t19-,20-,24+/m0/s1. The van der Waals surface area contributed by atoms with Crippen LogP contribution >= 0.6 is 0 Å². The van der Waals surface area contributed by atoms with E-state index in [-0.39, 0.29) is 36.9 Å². The van der Waals surface area contributed by atoms with Gasteiger partial charge in [0.05, 0.1) is 30.6 Å². The fourth-order valence-corrected chi connectivity index (χ4v) is 4.20. The minimum absolute atomic E-state index is 0.00850. The van der Waals surface area contributed by atoms with Crippen molar-refractivity contribution in [1.29, 1.82) is 0 Å². The number of benzene rings is 1. The summed E-state index contributed by atoms with van der Waals surface area (Å²) in [6.45, 7) is 3.60. The van der Waals surface area contributed by atoms with Crippen LogP contribution in [0.25, 0.3) is 0 Å². The second kappa shape index (κ2) is 15.8. The molecule has 0 unspecified atom stereocenters. The van der Waals surface area contributed by atoms with Crippen molar-refractivity contribution in [1.82, 2.24) is 36.6 Å². The average molecular weight is 597 g/mol. The highest BCUT2D eigenvalue weighted by atomic mass is 16.5. The molecule has 0 fully saturated rings. The minimum Gasteiger partial charge on any atom is -0.491 e. The van der Waals surface area contributed by atoms with E-state index in [1.165, 1.54) is 18.5 Å². The number of amides is 6. The SMILES string of the molecule is CC(C)[C@H]1NC(=O)[C@H](CC(N)=O)NC(=O)C[C@@H](C(=O)NCCc2cnccn2)NC(=O)c2ccccc2OCCNC1=O. The molecule has 0 radical (unpaired) electrons. The van der Waals surface area contributed by atoms with Gasteiger partial charge in [0.1, 0.15) is 30.5 Å². The number of nitrogens with one attached hydrogen (secondary N) is 5. The average Bonchev–Trinajstić information content (AvgIpc) is 2.97. The second-order valence-corrected chi connectivity index (χ2v) is 10.1. The maximum Gasteiger partial charge on any atom is 0.255 e. The first-order chi connectivity index (χ1) is 20.5. The molecule has 2 aromatic rings. The van der Waals surface area contributed by atoms with Crippen molar-refractivity contribution in [3.8, 4) is 5.75 Å². The third-order valence-corrected chi connectivity index (χ3v) is 6.40. The summed E-state index contributed by atoms with van der Waals surface area (Å²) >= 11 is 0. The van der Waals surface area contributed by atoms with Gasteiger partial charge >= 0.3 is 0 Å². The van der Waals surface area contributed by atoms with Crippen LogP contribution < -0.4 is 37.1 Å². The molecular weight excluding hydrogens is 560 g/mol. The van der Waals surface area contributed by atoms with Gasteiger partial charge in [-0.2, -0.15) is 0 Å². The summed E-state index contributed by atoms with van der Waals surface area (Å²) in [5, 5.41) is 12.9. The number of ether oxygens (including phenoxy) is 1. The van der Waals surface area contributed by atoms with Gasteiger partial charge in [-0.25, -0.2) is 0 Å². The molecule has 2 heterocycles. The first-order valence-electron chi connectivity index (χ1n) is 13.8. The van der Waals surface area contributed by atoms with Crippen LogP contribution in [-0.4, -0.2) is 83.2 Å². The van der Waals surface area contributed by atoms with Gasteiger partial charge in [0.25, 0.3) is 5.91 Å². The molecule has 230 valence electrons. The number of hydrogen-bond donors (Lipinski definition) is 6. The van der Waals surface area contributed by atoms with Crippen LogP contribution in [0.15, 0.2) is 42.9 Å². The monoisotopic (exact) mass is 596 g/mol. The molecule has 0 bridgehead atoms. The summed E-state index contributed by atoms with van der Waals surface area (Å²) in [5.74, 6) is -4.55. The number of rotatable bonds is 7. The first-order valence-corrected chi connectivity index (χ1v) is 13.8. The van der Waals surface area contributed by atoms with Gasteiger partial charge in [0.15, 0.2) is 0 Å². The van der Waals surface area contributed by atoms with Crippen molar-refractivity contribution >= 4 is 35.4 Å². The predicted octanol–water partition coefficient (Wildman–Crippen LogP) is -1.67. The van der Waals surface area contributed by atoms with Gasteiger partial charge in [-0.3, -0.25) is 38.7 Å². The molecule has 3 rings (SSSR count). The van der Waals surface area contributed by atoms with Crippen molar-refractivity contribution in [2.45, 2.75) is 51.2 Å². The van der Waals surface area contributed by atoms with E-state index in [1.54, 1.807) is 38.2 Å². The Hall–Kier alpha value is -5.08. The Bertz CT molecular complexity index is 1320. The minimum atomic E-state index is -1.44. The Kier molecular flexibility index (Phi) is 11.9. The summed E-state index contributed by atoms with van der Waals surface area (Å²) in [6, 6.07) is 2.49. The molecule has 43 heavy (non-hydrogen) atoms. The van der Waals surface area contributed by atoms with E-state index in [4.69, 9.17) is 10.5 Å². The fraction of sp³-hybridized carbons (Fsp3) is 0.429. The van der Waals surface area contributed by atoms with Crippen LogP contribution in [0.1, 0.15) is 42.7 Å². The highest BCUT2D eigenvalue weighted by molar-refractivity contribution is 6.01. The van der Waals surface area contributed by atoms with Crippen molar-refractivity contribution in [3.63, 3.8) is 0 Å². The van der Waals surface area contributed by atoms with E-state index >= 15 is 0 Å². The molecule has 15 heteroatoms. The van der Waals surface area contributed by atoms with Gasteiger partial charge in [-0.05, 0) is 18.1 Å². The van der Waals surface area contributed by atoms with E-state index in [0.717, 1.165) is 0 Å². The van der Waals surface area contributed by atoms with Gasteiger partial charge < -0.3 is 37.1 Å². The Morgan fingerprint density at radius 3 is 2.53 bits per heavy atom. The Labute approximate surface area is 248 Å². The van der Waals surface area contributed by atoms with Gasteiger partial charge in [-0.1, -0.05) is 26.0 Å². The van der Waals surface area contributed by atoms with Gasteiger partial charge in [-0.15, -0.1) is 0 Å². The number of primary amides is 1. The zero-order valence-electron chi connectivity index (χ0n) is 23.9. The summed E-state index contributed by atoms with van der Waals surface area (Å²) in [7, 11) is 0. The van der Waals surface area contributed by atoms with Crippen LogP contribution in [0.4, 0.5) is 0 Å². The van der Waals surface area contributed by atoms with E-state index in [1.807, 2.05) is 0 Å². The lowest BCUT2D eigenvalue weighted by atomic mass is 10.0. The molecule has 15 nitrogen and oxygen atoms in total. The first kappa shape index (κ1) is 32.4. The fourth-order valence-electron chi connectivity index (χ4n) is 4.20. The molecule has 1 aliphatic rings. The number of hydrogen-bond acceptors (Lipinski definition) is 9. The Balaban J connectivity index is 1.88. The summed E-state index contributed by atoms with van der Waals surface area (Å²) in [6.07, 6.45) is 3.77. The molecule has 0 aliphatic carbocycles. The molecule has 1 aromatic carbocycles. The molecule has 0 saturated carbocycles. The smallest absolute Gasteiger partial charge is 0.255 e. The number of carbonyl (C=O) groups excluding carboxylic acids is 6. The number of nitrogens with two attached hydrogens (primary N) is 1. The lowest BCUT2D eigenvalue weighted by Gasteiger charge is -2.25. The lowest BCUT2D eigenvalue weighted by molar-refractivity contribution is -0.134. The largest absolute Gasteiger partial charge is 0.491 e. The summed E-state index contributed by atoms with van der Waals surface area (Å²) in [4.78, 5) is 85.4. The number of carbonyl (C=O) groups is 6. The number of fused-ring (bicyclic) bond motifs is 1. The zero-order chi connectivity index (χ0) is 31.4. The normalized spacial score (nSPS) is 20.3. The number of para-hydroxylation sites is 1. The van der Waals surface area contributed by atoms with Crippen LogP contribution in [0.5, 0.6) is 5.75 Å². The van der Waals surface area contributed by atoms with Crippen molar-refractivity contribution in [2.24, 2.45) is 11.7 Å². The van der Waals surface area contributed by atoms with E-state index in [0.29, 0.717) is 12.1 Å². The predicted molar refractivity (Wildman–Crippen MR) is 152 cm³/mol. The zero-order valence-corrected chi connectivity index (χ0v) is 23.9. The third-order valence-electron chi connectivity index (χ3n) is 6.40. The second-order valence-electron chi connectivity index (χ2n) is 10.1. The van der Waals surface area contributed by atoms with Crippen LogP contribution in [0.2, 0.25) is 0 Å². The van der Waals surface area contributed by atoms with Crippen LogP contribution in [0, 0.1) is 5.92 Å². The highest BCUT2D eigenvalue weighted by Gasteiger charge is 2.32. The third kappa shape index (κ3) is 10.1. The Morgan fingerprint density at radius 1 is 1.07 bits per heavy atom. The molecule has 3 atom stereocenters. The molecular formula is C28H36N8O7. The van der Waals surface area contributed by atoms with E-state index < -0.39 is 66.4 Å². The lowest BCUT2D eigenvalue weighted by Crippen LogP contribution is -2.57. The summed E-state index contributed by atoms with van der Waals surface area (Å²) < 4.78 is 5.73. The van der Waals surface area contributed by atoms with Crippen LogP contribution in [0.3, 0.4) is 0 Å². The molecule has 7 N–H and O–H groups in total. The Morgan fingerprint density at radius 2 is 1.84 bits per heavy atom. The summed E-state index contributed by atoms with van der Waals surface area (Å²) in [5.41, 5.74) is 6.04. The van der Waals surface area contributed by atoms with Gasteiger partial charge in [0, 0.05) is 31.6 Å². The van der Waals surface area contributed by atoms with Crippen molar-refractivity contribution in [2.75, 3.05) is 19.7 Å². The van der Waals surface area contributed by atoms with E-state index in [2.05, 4.69) is 36.6 Å². The highest BCUT2D eigenvalue weighted by Crippen LogP contribution is 2.18. The van der Waals surface area contributed by atoms with Gasteiger partial charge in [0.2, 0.25) is 29.5 Å². The maximum absolute atomic E-state index is 13.3. The molecule has 0 saturated heterocycles. The molecule has 0 spiro atoms. The molecule has 6 amide bonds. The maximum atomic E-state index is 13.3. The van der Waals surface area contributed by atoms with Crippen LogP contribution in [-0.2, 0) is 30.4 Å². The molecule has 1 aliphatic heterocycles. The quantitative estimate of drug-likeness (QED) is 0.215. The molecule has 1 aromatic heterocycles. The number of nitrogens with zero attached hydrogens (tertiary/aromatic N) is 2.